The third-order valence-electron chi connectivity index (χ3n) is 4.18. The second kappa shape index (κ2) is 9.22. The van der Waals surface area contributed by atoms with Gasteiger partial charge in [-0.25, -0.2) is 15.0 Å². The Morgan fingerprint density at radius 2 is 2.07 bits per heavy atom. The maximum absolute atomic E-state index is 10.1. The molecule has 0 aliphatic carbocycles. The number of aliphatic hydroxyl groups excluding tert-OH is 2. The first-order valence-electron chi connectivity index (χ1n) is 8.46. The fraction of sp³-hybridized carbons (Fsp3) is 0.471. The van der Waals surface area contributed by atoms with E-state index < -0.39 is 24.5 Å². The van der Waals surface area contributed by atoms with Crippen molar-refractivity contribution in [3.63, 3.8) is 0 Å². The van der Waals surface area contributed by atoms with Crippen LogP contribution >= 0.6 is 0 Å². The summed E-state index contributed by atoms with van der Waals surface area (Å²) in [5, 5.41) is 23.0. The number of ether oxygens (including phenoxy) is 1. The van der Waals surface area contributed by atoms with Crippen LogP contribution in [0.2, 0.25) is 6.82 Å². The van der Waals surface area contributed by atoms with E-state index in [0.717, 1.165) is 5.69 Å². The minimum atomic E-state index is -1.10. The lowest BCUT2D eigenvalue weighted by Gasteiger charge is -2.17. The Labute approximate surface area is 162 Å². The summed E-state index contributed by atoms with van der Waals surface area (Å²) >= 11 is 0. The van der Waals surface area contributed by atoms with Crippen LogP contribution in [0.15, 0.2) is 11.4 Å². The molecule has 1 aliphatic heterocycles. The molecular formula is C17H20BN7O3. The minimum Gasteiger partial charge on any atom is -0.394 e. The molecule has 10 nitrogen and oxygen atoms in total. The van der Waals surface area contributed by atoms with E-state index in [1.165, 1.54) is 6.33 Å². The highest BCUT2D eigenvalue weighted by Gasteiger charge is 2.44. The van der Waals surface area contributed by atoms with Crippen molar-refractivity contribution in [1.29, 1.82) is 0 Å². The van der Waals surface area contributed by atoms with Crippen molar-refractivity contribution < 1.29 is 14.9 Å². The first kappa shape index (κ1) is 21.2. The molecule has 4 atom stereocenters. The highest BCUT2D eigenvalue weighted by atomic mass is 16.5. The van der Waals surface area contributed by atoms with E-state index >= 15 is 0 Å². The van der Waals surface area contributed by atoms with Crippen molar-refractivity contribution >= 4 is 17.9 Å². The Bertz CT molecular complexity index is 960. The van der Waals surface area contributed by atoms with Crippen molar-refractivity contribution in [3.05, 3.63) is 28.3 Å². The molecule has 11 heteroatoms. The summed E-state index contributed by atoms with van der Waals surface area (Å²) in [6.45, 7) is 5.00. The molecule has 2 aromatic rings. The zero-order chi connectivity index (χ0) is 20.8. The summed E-state index contributed by atoms with van der Waals surface area (Å²) in [5.41, 5.74) is 10.6. The monoisotopic (exact) mass is 381 g/mol. The van der Waals surface area contributed by atoms with Gasteiger partial charge in [0.1, 0.15) is 29.7 Å². The van der Waals surface area contributed by atoms with Gasteiger partial charge in [-0.2, -0.15) is 0 Å². The lowest BCUT2D eigenvalue weighted by Crippen LogP contribution is -2.31. The summed E-state index contributed by atoms with van der Waals surface area (Å²) in [5.74, 6) is 5.33. The third kappa shape index (κ3) is 4.25. The second-order valence-electron chi connectivity index (χ2n) is 6.17. The van der Waals surface area contributed by atoms with Crippen LogP contribution in [-0.2, 0) is 4.74 Å². The minimum absolute atomic E-state index is 0.00926. The van der Waals surface area contributed by atoms with Crippen LogP contribution in [0.4, 0.5) is 0 Å². The molecule has 0 bridgehead atoms. The molecule has 1 aliphatic rings. The molecule has 0 spiro atoms. The predicted molar refractivity (Wildman–Crippen MR) is 104 cm³/mol. The lowest BCUT2D eigenvalue weighted by molar-refractivity contribution is -0.0437. The average Bonchev–Trinajstić information content (AvgIpc) is 3.23. The normalized spacial score (nSPS) is 23.1. The largest absolute Gasteiger partial charge is 0.394 e. The number of hydrogen-bond donors (Lipinski definition) is 2. The maximum Gasteiger partial charge on any atom is 0.311 e. The fourth-order valence-electron chi connectivity index (χ4n) is 2.72. The Morgan fingerprint density at radius 1 is 1.39 bits per heavy atom. The summed E-state index contributed by atoms with van der Waals surface area (Å²) < 4.78 is 7.21. The van der Waals surface area contributed by atoms with Gasteiger partial charge in [-0.1, -0.05) is 11.9 Å². The number of terminal acetylenes is 2. The highest BCUT2D eigenvalue weighted by Crippen LogP contribution is 2.33. The number of imidazole rings is 1. The molecule has 0 radical (unpaired) electrons. The number of aryl methyl sites for hydroxylation is 2. The molecule has 1 unspecified atom stereocenters. The standard InChI is InChI=1S/C12H15N7O3.C5H5B/c1-5-8-11(16-6(2)15-5)19(4-14-8)12-9(17-18-13)10(21)7(3-20)22-12;1-4-6(3)5-2/h4,7,9-10,12,20-21H,3H2,1-2H3;1-2H,3H3/t7-,9?,10+,12-;/m1./s1. The van der Waals surface area contributed by atoms with Crippen molar-refractivity contribution in [1.82, 2.24) is 19.5 Å². The van der Waals surface area contributed by atoms with E-state index in [0.29, 0.717) is 17.0 Å². The number of hydrogen-bond acceptors (Lipinski definition) is 7. The van der Waals surface area contributed by atoms with Crippen LogP contribution in [0.25, 0.3) is 21.6 Å². The van der Waals surface area contributed by atoms with Crippen molar-refractivity contribution in [2.24, 2.45) is 5.11 Å². The smallest absolute Gasteiger partial charge is 0.311 e. The molecule has 0 amide bonds. The lowest BCUT2D eigenvalue weighted by atomic mass is 9.55. The molecule has 2 aromatic heterocycles. The summed E-state index contributed by atoms with van der Waals surface area (Å²) in [6, 6.07) is -0.880. The van der Waals surface area contributed by atoms with Crippen LogP contribution in [0.3, 0.4) is 0 Å². The molecule has 3 heterocycles. The van der Waals surface area contributed by atoms with Crippen LogP contribution in [0.5, 0.6) is 0 Å². The van der Waals surface area contributed by atoms with E-state index in [1.807, 2.05) is 6.92 Å². The molecule has 144 valence electrons. The van der Waals surface area contributed by atoms with Crippen LogP contribution in [-0.4, -0.2) is 61.3 Å². The number of rotatable bonds is 3. The topological polar surface area (TPSA) is 142 Å². The number of fused-ring (bicyclic) bond motifs is 1. The van der Waals surface area contributed by atoms with Gasteiger partial charge in [0, 0.05) is 4.91 Å². The van der Waals surface area contributed by atoms with Gasteiger partial charge in [0.15, 0.2) is 5.65 Å². The second-order valence-corrected chi connectivity index (χ2v) is 6.17. The van der Waals surface area contributed by atoms with Crippen molar-refractivity contribution in [2.45, 2.75) is 45.1 Å². The van der Waals surface area contributed by atoms with Gasteiger partial charge in [-0.05, 0) is 19.4 Å². The Kier molecular flexibility index (Phi) is 6.99. The number of azide groups is 1. The summed E-state index contributed by atoms with van der Waals surface area (Å²) in [6.07, 6.45) is 8.56. The zero-order valence-corrected chi connectivity index (χ0v) is 15.8. The van der Waals surface area contributed by atoms with Crippen LogP contribution < -0.4 is 0 Å². The highest BCUT2D eigenvalue weighted by molar-refractivity contribution is 6.74. The number of nitrogens with zero attached hydrogens (tertiary/aromatic N) is 7. The van der Waals surface area contributed by atoms with Crippen LogP contribution in [0.1, 0.15) is 17.7 Å². The Balaban J connectivity index is 0.000000409. The van der Waals surface area contributed by atoms with Gasteiger partial charge >= 0.3 is 6.71 Å². The van der Waals surface area contributed by atoms with Crippen LogP contribution in [0, 0.1) is 38.3 Å². The van der Waals surface area contributed by atoms with E-state index in [2.05, 4.69) is 36.6 Å². The summed E-state index contributed by atoms with van der Waals surface area (Å²) in [7, 11) is 0. The fourth-order valence-corrected chi connectivity index (χ4v) is 2.72. The molecule has 0 aromatic carbocycles. The molecule has 28 heavy (non-hydrogen) atoms. The molecule has 1 fully saturated rings. The SMILES string of the molecule is C#CB(C)C#C.Cc1nc(C)c2ncn([C@@H]3O[C@H](CO)[C@H](O)C3N=[N+]=[N-])c2n1. The van der Waals surface area contributed by atoms with E-state index in [1.54, 1.807) is 18.3 Å². The van der Waals surface area contributed by atoms with Crippen molar-refractivity contribution in [3.8, 4) is 24.5 Å². The third-order valence-corrected chi connectivity index (χ3v) is 4.18. The van der Waals surface area contributed by atoms with E-state index in [-0.39, 0.29) is 13.3 Å². The first-order valence-corrected chi connectivity index (χ1v) is 8.46. The number of aromatic nitrogens is 4. The maximum atomic E-state index is 10.1. The molecule has 1 saturated heterocycles. The zero-order valence-electron chi connectivity index (χ0n) is 15.8. The molecule has 3 rings (SSSR count). The van der Waals surface area contributed by atoms with Gasteiger partial charge < -0.3 is 14.9 Å². The first-order chi connectivity index (χ1) is 13.4. The van der Waals surface area contributed by atoms with Crippen molar-refractivity contribution in [2.75, 3.05) is 6.61 Å². The van der Waals surface area contributed by atoms with E-state index in [9.17, 15) is 10.2 Å². The van der Waals surface area contributed by atoms with Gasteiger partial charge in [-0.15, -0.1) is 24.5 Å². The summed E-state index contributed by atoms with van der Waals surface area (Å²) in [4.78, 5) is 15.6. The average molecular weight is 381 g/mol. The number of aliphatic hydroxyl groups is 2. The Morgan fingerprint density at radius 3 is 2.61 bits per heavy atom. The van der Waals surface area contributed by atoms with Gasteiger partial charge in [-0.3, -0.25) is 4.57 Å². The van der Waals surface area contributed by atoms with Gasteiger partial charge in [0.2, 0.25) is 0 Å². The molecule has 2 N–H and O–H groups in total. The van der Waals surface area contributed by atoms with E-state index in [4.69, 9.17) is 23.1 Å². The molecule has 0 saturated carbocycles. The van der Waals surface area contributed by atoms with Gasteiger partial charge in [0.25, 0.3) is 0 Å². The molecular weight excluding hydrogens is 361 g/mol. The van der Waals surface area contributed by atoms with Gasteiger partial charge in [0.05, 0.1) is 24.7 Å². The Hall–Kier alpha value is -3.08. The predicted octanol–water partition coefficient (Wildman–Crippen LogP) is 0.828. The quantitative estimate of drug-likeness (QED) is 0.265.